The predicted molar refractivity (Wildman–Crippen MR) is 109 cm³/mol. The molecule has 0 saturated heterocycles. The van der Waals surface area contributed by atoms with E-state index < -0.39 is 5.82 Å². The normalized spacial score (nSPS) is 11.1. The quantitative estimate of drug-likeness (QED) is 0.442. The molecule has 146 valence electrons. The zero-order chi connectivity index (χ0) is 20.1. The number of nitrogens with one attached hydrogen (secondary N) is 1. The van der Waals surface area contributed by atoms with E-state index in [0.717, 1.165) is 0 Å². The molecule has 0 unspecified atom stereocenters. The summed E-state index contributed by atoms with van der Waals surface area (Å²) in [4.78, 5) is 0. The molecule has 0 atom stereocenters. The molecule has 0 radical (unpaired) electrons. The SMILES string of the molecule is CCc1n[nH]c(=S)n1/N=C/c1cccc(OC)c1OCc1c(F)cccc1Cl. The number of halogens is 2. The molecule has 0 saturated carbocycles. The van der Waals surface area contributed by atoms with Gasteiger partial charge in [-0.3, -0.25) is 5.10 Å². The molecule has 0 aliphatic heterocycles. The number of aromatic nitrogens is 3. The summed E-state index contributed by atoms with van der Waals surface area (Å²) in [7, 11) is 1.53. The molecule has 0 aliphatic rings. The molecule has 0 amide bonds. The van der Waals surface area contributed by atoms with Crippen molar-refractivity contribution in [3.63, 3.8) is 0 Å². The van der Waals surface area contributed by atoms with E-state index in [-0.39, 0.29) is 12.2 Å². The lowest BCUT2D eigenvalue weighted by molar-refractivity contribution is 0.279. The van der Waals surface area contributed by atoms with E-state index in [1.807, 2.05) is 6.92 Å². The Bertz CT molecular complexity index is 1040. The van der Waals surface area contributed by atoms with Gasteiger partial charge in [0.2, 0.25) is 4.77 Å². The summed E-state index contributed by atoms with van der Waals surface area (Å²) >= 11 is 11.3. The number of hydrogen-bond donors (Lipinski definition) is 1. The zero-order valence-corrected chi connectivity index (χ0v) is 16.9. The van der Waals surface area contributed by atoms with E-state index in [1.54, 1.807) is 36.5 Å². The standard InChI is InChI=1S/C19H18ClFN4O2S/c1-3-17-23-24-19(28)25(17)22-10-12-6-4-9-16(26-2)18(12)27-11-13-14(20)7-5-8-15(13)21/h4-10H,3,11H2,1-2H3,(H,24,28)/b22-10+. The Morgan fingerprint density at radius 2 is 2.11 bits per heavy atom. The van der Waals surface area contributed by atoms with Crippen molar-refractivity contribution in [2.45, 2.75) is 20.0 Å². The molecule has 6 nitrogen and oxygen atoms in total. The van der Waals surface area contributed by atoms with Crippen LogP contribution < -0.4 is 9.47 Å². The van der Waals surface area contributed by atoms with Gasteiger partial charge in [-0.2, -0.15) is 14.9 Å². The molecule has 3 aromatic rings. The van der Waals surface area contributed by atoms with Crippen LogP contribution in [-0.4, -0.2) is 28.2 Å². The third-order valence-electron chi connectivity index (χ3n) is 4.00. The second-order valence-electron chi connectivity index (χ2n) is 5.72. The largest absolute Gasteiger partial charge is 0.493 e. The van der Waals surface area contributed by atoms with Crippen molar-refractivity contribution in [1.82, 2.24) is 14.9 Å². The molecule has 28 heavy (non-hydrogen) atoms. The van der Waals surface area contributed by atoms with Crippen LogP contribution in [0.3, 0.4) is 0 Å². The number of methoxy groups -OCH3 is 1. The van der Waals surface area contributed by atoms with Gasteiger partial charge in [-0.15, -0.1) is 0 Å². The highest BCUT2D eigenvalue weighted by molar-refractivity contribution is 7.71. The smallest absolute Gasteiger partial charge is 0.216 e. The third-order valence-corrected chi connectivity index (χ3v) is 4.62. The lowest BCUT2D eigenvalue weighted by atomic mass is 10.2. The number of aromatic amines is 1. The van der Waals surface area contributed by atoms with Crippen LogP contribution in [0.4, 0.5) is 4.39 Å². The summed E-state index contributed by atoms with van der Waals surface area (Å²) in [6.45, 7) is 1.90. The Morgan fingerprint density at radius 3 is 2.82 bits per heavy atom. The number of hydrogen-bond acceptors (Lipinski definition) is 5. The van der Waals surface area contributed by atoms with Crippen molar-refractivity contribution in [1.29, 1.82) is 0 Å². The summed E-state index contributed by atoms with van der Waals surface area (Å²) in [5.41, 5.74) is 0.903. The molecular formula is C19H18ClFN4O2S. The number of nitrogens with zero attached hydrogens (tertiary/aromatic N) is 3. The van der Waals surface area contributed by atoms with Crippen LogP contribution >= 0.6 is 23.8 Å². The van der Waals surface area contributed by atoms with E-state index in [1.165, 1.54) is 17.9 Å². The summed E-state index contributed by atoms with van der Waals surface area (Å²) in [5, 5.41) is 11.5. The molecule has 0 spiro atoms. The number of aryl methyl sites for hydroxylation is 1. The maximum absolute atomic E-state index is 14.1. The summed E-state index contributed by atoms with van der Waals surface area (Å²) in [6, 6.07) is 9.85. The van der Waals surface area contributed by atoms with Crippen LogP contribution in [0, 0.1) is 10.6 Å². The van der Waals surface area contributed by atoms with Crippen LogP contribution in [0.1, 0.15) is 23.9 Å². The van der Waals surface area contributed by atoms with Crippen LogP contribution in [-0.2, 0) is 13.0 Å². The number of para-hydroxylation sites is 1. The van der Waals surface area contributed by atoms with Gasteiger partial charge >= 0.3 is 0 Å². The van der Waals surface area contributed by atoms with Crippen molar-refractivity contribution in [3.8, 4) is 11.5 Å². The lowest BCUT2D eigenvalue weighted by Gasteiger charge is -2.14. The minimum absolute atomic E-state index is 0.0575. The van der Waals surface area contributed by atoms with Crippen molar-refractivity contribution in [3.05, 3.63) is 69.0 Å². The van der Waals surface area contributed by atoms with E-state index in [0.29, 0.717) is 39.1 Å². The molecule has 2 aromatic carbocycles. The van der Waals surface area contributed by atoms with Gasteiger partial charge < -0.3 is 9.47 Å². The van der Waals surface area contributed by atoms with Gasteiger partial charge in [0.05, 0.1) is 18.3 Å². The Kier molecular flexibility index (Phi) is 6.43. The van der Waals surface area contributed by atoms with Gasteiger partial charge in [-0.05, 0) is 36.5 Å². The molecule has 1 aromatic heterocycles. The summed E-state index contributed by atoms with van der Waals surface area (Å²) < 4.78 is 27.2. The molecule has 0 bridgehead atoms. The Labute approximate surface area is 171 Å². The van der Waals surface area contributed by atoms with Gasteiger partial charge in [0.25, 0.3) is 0 Å². The molecule has 9 heteroatoms. The monoisotopic (exact) mass is 420 g/mol. The highest BCUT2D eigenvalue weighted by Gasteiger charge is 2.13. The first-order valence-electron chi connectivity index (χ1n) is 8.48. The van der Waals surface area contributed by atoms with E-state index in [2.05, 4.69) is 15.3 Å². The average molecular weight is 421 g/mol. The first-order valence-corrected chi connectivity index (χ1v) is 9.27. The molecule has 0 fully saturated rings. The molecule has 1 N–H and O–H groups in total. The topological polar surface area (TPSA) is 64.4 Å². The van der Waals surface area contributed by atoms with Crippen LogP contribution in [0.5, 0.6) is 11.5 Å². The highest BCUT2D eigenvalue weighted by Crippen LogP contribution is 2.32. The highest BCUT2D eigenvalue weighted by atomic mass is 35.5. The van der Waals surface area contributed by atoms with Gasteiger partial charge in [0, 0.05) is 17.5 Å². The Balaban J connectivity index is 1.94. The number of ether oxygens (including phenoxy) is 2. The minimum Gasteiger partial charge on any atom is -0.493 e. The maximum atomic E-state index is 14.1. The van der Waals surface area contributed by atoms with Crippen molar-refractivity contribution < 1.29 is 13.9 Å². The number of H-pyrrole nitrogens is 1. The van der Waals surface area contributed by atoms with E-state index in [4.69, 9.17) is 33.3 Å². The molecule has 0 aliphatic carbocycles. The van der Waals surface area contributed by atoms with Crippen LogP contribution in [0.2, 0.25) is 5.02 Å². The average Bonchev–Trinajstić information content (AvgIpc) is 3.05. The summed E-state index contributed by atoms with van der Waals surface area (Å²) in [6.07, 6.45) is 2.25. The lowest BCUT2D eigenvalue weighted by Crippen LogP contribution is -2.04. The Morgan fingerprint density at radius 1 is 1.32 bits per heavy atom. The van der Waals surface area contributed by atoms with Crippen molar-refractivity contribution >= 4 is 30.0 Å². The number of benzene rings is 2. The second-order valence-corrected chi connectivity index (χ2v) is 6.52. The first kappa shape index (κ1) is 20.0. The minimum atomic E-state index is -0.435. The van der Waals surface area contributed by atoms with Crippen LogP contribution in [0.25, 0.3) is 0 Å². The first-order chi connectivity index (χ1) is 13.5. The second kappa shape index (κ2) is 8.99. The van der Waals surface area contributed by atoms with Crippen LogP contribution in [0.15, 0.2) is 41.5 Å². The fourth-order valence-corrected chi connectivity index (χ4v) is 2.97. The third kappa shape index (κ3) is 4.23. The fraction of sp³-hybridized carbons (Fsp3) is 0.211. The maximum Gasteiger partial charge on any atom is 0.216 e. The van der Waals surface area contributed by atoms with E-state index in [9.17, 15) is 4.39 Å². The fourth-order valence-electron chi connectivity index (χ4n) is 2.56. The molecule has 3 rings (SSSR count). The number of rotatable bonds is 7. The Hall–Kier alpha value is -2.71. The van der Waals surface area contributed by atoms with Gasteiger partial charge in [-0.25, -0.2) is 4.39 Å². The van der Waals surface area contributed by atoms with Gasteiger partial charge in [0.1, 0.15) is 12.4 Å². The summed E-state index contributed by atoms with van der Waals surface area (Å²) in [5.74, 6) is 1.17. The molecular weight excluding hydrogens is 403 g/mol. The predicted octanol–water partition coefficient (Wildman–Crippen LogP) is 4.77. The molecule has 1 heterocycles. The van der Waals surface area contributed by atoms with Gasteiger partial charge in [-0.1, -0.05) is 30.7 Å². The van der Waals surface area contributed by atoms with Crippen molar-refractivity contribution in [2.24, 2.45) is 5.10 Å². The van der Waals surface area contributed by atoms with Crippen molar-refractivity contribution in [2.75, 3.05) is 7.11 Å². The van der Waals surface area contributed by atoms with E-state index >= 15 is 0 Å². The zero-order valence-electron chi connectivity index (χ0n) is 15.3. The van der Waals surface area contributed by atoms with Gasteiger partial charge in [0.15, 0.2) is 17.3 Å².